The van der Waals surface area contributed by atoms with Gasteiger partial charge in [0.2, 0.25) is 0 Å². The Morgan fingerprint density at radius 2 is 1.26 bits per heavy atom. The van der Waals surface area contributed by atoms with Gasteiger partial charge in [0, 0.05) is 16.7 Å². The molecule has 4 heteroatoms. The lowest BCUT2D eigenvalue weighted by Crippen LogP contribution is -2.22. The van der Waals surface area contributed by atoms with E-state index in [4.69, 9.17) is 0 Å². The van der Waals surface area contributed by atoms with Gasteiger partial charge >= 0.3 is 0 Å². The Kier molecular flexibility index (Phi) is 10.0. The molecule has 0 amide bonds. The van der Waals surface area contributed by atoms with Crippen LogP contribution in [0.2, 0.25) is 0 Å². The second kappa shape index (κ2) is 13.9. The van der Waals surface area contributed by atoms with E-state index in [2.05, 4.69) is 32.1 Å². The summed E-state index contributed by atoms with van der Waals surface area (Å²) in [5, 5.41) is 0. The summed E-state index contributed by atoms with van der Waals surface area (Å²) in [5.74, 6) is -1.31. The van der Waals surface area contributed by atoms with E-state index in [1.54, 1.807) is 48.5 Å². The van der Waals surface area contributed by atoms with Crippen LogP contribution < -0.4 is 0 Å². The molecule has 0 bridgehead atoms. The van der Waals surface area contributed by atoms with Gasteiger partial charge in [0.05, 0.1) is 0 Å². The maximum absolute atomic E-state index is 15.4. The van der Waals surface area contributed by atoms with Gasteiger partial charge in [-0.25, -0.2) is 17.6 Å². The SMILES string of the molecule is CC=CC1CCC(C2CC=C(c3ccc(-c4ccc(-c5ccc(CCCCC)c(F)c5F)cc4)c(F)c3F)CC2)CC1. The van der Waals surface area contributed by atoms with Gasteiger partial charge in [-0.3, -0.25) is 0 Å². The predicted molar refractivity (Wildman–Crippen MR) is 166 cm³/mol. The van der Waals surface area contributed by atoms with Gasteiger partial charge in [-0.2, -0.15) is 0 Å². The number of hydrogen-bond donors (Lipinski definition) is 0. The minimum Gasteiger partial charge on any atom is -0.203 e. The van der Waals surface area contributed by atoms with Crippen LogP contribution in [0.15, 0.2) is 66.8 Å². The van der Waals surface area contributed by atoms with Crippen LogP contribution in [-0.4, -0.2) is 0 Å². The maximum atomic E-state index is 15.4. The van der Waals surface area contributed by atoms with Crippen molar-refractivity contribution >= 4 is 5.57 Å². The molecule has 0 aromatic heterocycles. The third-order valence-electron chi connectivity index (χ3n) is 9.55. The molecule has 5 rings (SSSR count). The lowest BCUT2D eigenvalue weighted by Gasteiger charge is -2.35. The minimum atomic E-state index is -0.876. The average Bonchev–Trinajstić information content (AvgIpc) is 3.02. The summed E-state index contributed by atoms with van der Waals surface area (Å²) in [5.41, 5.74) is 2.92. The first-order valence-corrected chi connectivity index (χ1v) is 15.8. The molecule has 42 heavy (non-hydrogen) atoms. The molecule has 0 spiro atoms. The number of hydrogen-bond acceptors (Lipinski definition) is 0. The van der Waals surface area contributed by atoms with Crippen LogP contribution in [0.1, 0.15) is 89.2 Å². The molecule has 0 heterocycles. The fourth-order valence-electron chi connectivity index (χ4n) is 7.03. The van der Waals surface area contributed by atoms with Gasteiger partial charge in [0.1, 0.15) is 0 Å². The Labute approximate surface area is 248 Å². The summed E-state index contributed by atoms with van der Waals surface area (Å²) in [4.78, 5) is 0. The van der Waals surface area contributed by atoms with Crippen molar-refractivity contribution in [1.82, 2.24) is 0 Å². The largest absolute Gasteiger partial charge is 0.203 e. The summed E-state index contributed by atoms with van der Waals surface area (Å²) in [6, 6.07) is 13.1. The summed E-state index contributed by atoms with van der Waals surface area (Å²) >= 11 is 0. The number of rotatable bonds is 9. The first-order valence-electron chi connectivity index (χ1n) is 15.8. The quantitative estimate of drug-likeness (QED) is 0.135. The molecule has 0 aliphatic heterocycles. The van der Waals surface area contributed by atoms with Crippen LogP contribution >= 0.6 is 0 Å². The van der Waals surface area contributed by atoms with E-state index in [1.807, 2.05) is 0 Å². The normalized spacial score (nSPS) is 21.1. The molecule has 1 atom stereocenters. The molecule has 1 saturated carbocycles. The molecule has 0 nitrogen and oxygen atoms in total. The molecule has 1 fully saturated rings. The summed E-state index contributed by atoms with van der Waals surface area (Å²) in [7, 11) is 0. The zero-order chi connectivity index (χ0) is 29.6. The van der Waals surface area contributed by atoms with E-state index >= 15 is 8.78 Å². The van der Waals surface area contributed by atoms with Crippen LogP contribution in [0.3, 0.4) is 0 Å². The average molecular weight is 575 g/mol. The van der Waals surface area contributed by atoms with Crippen molar-refractivity contribution in [3.05, 3.63) is 101 Å². The highest BCUT2D eigenvalue weighted by atomic mass is 19.2. The second-order valence-corrected chi connectivity index (χ2v) is 12.2. The Hall–Kier alpha value is -3.14. The standard InChI is InChI=1S/C38H42F4/c1-3-5-6-8-31-21-22-32(36(40)35(31)39)29-17-19-30(20-18-29)34-24-23-33(37(41)38(34)42)28-15-13-27(14-16-28)26-11-9-25(7-4-2)10-12-26/h4,7,15,17-27H,3,5-6,8-14,16H2,1-2H3. The van der Waals surface area contributed by atoms with Crippen molar-refractivity contribution in [2.24, 2.45) is 17.8 Å². The fourth-order valence-corrected chi connectivity index (χ4v) is 7.03. The smallest absolute Gasteiger partial charge is 0.167 e. The van der Waals surface area contributed by atoms with E-state index in [1.165, 1.54) is 25.7 Å². The van der Waals surface area contributed by atoms with Crippen molar-refractivity contribution in [2.75, 3.05) is 0 Å². The van der Waals surface area contributed by atoms with E-state index in [-0.39, 0.29) is 11.1 Å². The minimum absolute atomic E-state index is 0.160. The van der Waals surface area contributed by atoms with E-state index in [9.17, 15) is 8.78 Å². The van der Waals surface area contributed by atoms with Crippen molar-refractivity contribution in [3.63, 3.8) is 0 Å². The molecule has 3 aromatic carbocycles. The molecule has 3 aromatic rings. The Morgan fingerprint density at radius 3 is 1.86 bits per heavy atom. The first-order chi connectivity index (χ1) is 20.4. The van der Waals surface area contributed by atoms with Crippen LogP contribution in [-0.2, 0) is 6.42 Å². The molecule has 0 N–H and O–H groups in total. The highest BCUT2D eigenvalue weighted by Crippen LogP contribution is 2.42. The van der Waals surface area contributed by atoms with E-state index < -0.39 is 23.3 Å². The molecular weight excluding hydrogens is 532 g/mol. The Balaban J connectivity index is 1.28. The zero-order valence-corrected chi connectivity index (χ0v) is 24.9. The number of benzene rings is 3. The molecule has 0 radical (unpaired) electrons. The van der Waals surface area contributed by atoms with Gasteiger partial charge in [-0.1, -0.05) is 86.5 Å². The lowest BCUT2D eigenvalue weighted by molar-refractivity contribution is 0.212. The highest BCUT2D eigenvalue weighted by Gasteiger charge is 2.29. The summed E-state index contributed by atoms with van der Waals surface area (Å²) in [6.07, 6.45) is 17.7. The number of aryl methyl sites for hydroxylation is 1. The van der Waals surface area contributed by atoms with E-state index in [0.717, 1.165) is 50.0 Å². The zero-order valence-electron chi connectivity index (χ0n) is 24.9. The van der Waals surface area contributed by atoms with Crippen LogP contribution in [0.25, 0.3) is 27.8 Å². The van der Waals surface area contributed by atoms with Crippen molar-refractivity contribution < 1.29 is 17.6 Å². The first kappa shape index (κ1) is 30.3. The van der Waals surface area contributed by atoms with Gasteiger partial charge in [-0.15, -0.1) is 0 Å². The molecular formula is C38H42F4. The van der Waals surface area contributed by atoms with Crippen LogP contribution in [0.5, 0.6) is 0 Å². The van der Waals surface area contributed by atoms with Gasteiger partial charge in [-0.05, 0) is 105 Å². The summed E-state index contributed by atoms with van der Waals surface area (Å²) in [6.45, 7) is 4.16. The summed E-state index contributed by atoms with van der Waals surface area (Å²) < 4.78 is 60.3. The Bertz CT molecular complexity index is 1420. The number of allylic oxidation sites excluding steroid dienone is 4. The van der Waals surface area contributed by atoms with Crippen LogP contribution in [0, 0.1) is 41.0 Å². The van der Waals surface area contributed by atoms with Gasteiger partial charge < -0.3 is 0 Å². The molecule has 1 unspecified atom stereocenters. The Morgan fingerprint density at radius 1 is 0.667 bits per heavy atom. The monoisotopic (exact) mass is 574 g/mol. The highest BCUT2D eigenvalue weighted by molar-refractivity contribution is 5.74. The van der Waals surface area contributed by atoms with Crippen LogP contribution in [0.4, 0.5) is 17.6 Å². The maximum Gasteiger partial charge on any atom is 0.167 e. The van der Waals surface area contributed by atoms with E-state index in [0.29, 0.717) is 40.5 Å². The van der Waals surface area contributed by atoms with Crippen molar-refractivity contribution in [3.8, 4) is 22.3 Å². The molecule has 222 valence electrons. The third-order valence-corrected chi connectivity index (χ3v) is 9.55. The fraction of sp³-hybridized carbons (Fsp3) is 0.421. The van der Waals surface area contributed by atoms with Crippen molar-refractivity contribution in [2.45, 2.75) is 84.5 Å². The lowest BCUT2D eigenvalue weighted by atomic mass is 9.71. The van der Waals surface area contributed by atoms with Crippen molar-refractivity contribution in [1.29, 1.82) is 0 Å². The molecule has 0 saturated heterocycles. The second-order valence-electron chi connectivity index (χ2n) is 12.2. The number of halogens is 4. The van der Waals surface area contributed by atoms with Gasteiger partial charge in [0.15, 0.2) is 23.3 Å². The topological polar surface area (TPSA) is 0 Å². The predicted octanol–water partition coefficient (Wildman–Crippen LogP) is 11.9. The number of unbranched alkanes of at least 4 members (excludes halogenated alkanes) is 2. The molecule has 2 aliphatic carbocycles. The molecule has 2 aliphatic rings. The third kappa shape index (κ3) is 6.58. The van der Waals surface area contributed by atoms with Gasteiger partial charge in [0.25, 0.3) is 0 Å².